The number of benzene rings is 2. The van der Waals surface area contributed by atoms with Crippen LogP contribution in [0.5, 0.6) is 11.5 Å². The summed E-state index contributed by atoms with van der Waals surface area (Å²) in [5.41, 5.74) is 1.08. The van der Waals surface area contributed by atoms with Crippen LogP contribution in [0.15, 0.2) is 48.6 Å². The molecule has 0 aromatic heterocycles. The number of methoxy groups -OCH3 is 1. The van der Waals surface area contributed by atoms with E-state index in [0.717, 1.165) is 11.3 Å². The maximum absolute atomic E-state index is 14.1. The molecule has 2 fully saturated rings. The summed E-state index contributed by atoms with van der Waals surface area (Å²) in [5.74, 6) is -1.65. The highest BCUT2D eigenvalue weighted by Crippen LogP contribution is 2.40. The minimum Gasteiger partial charge on any atom is -0.497 e. The van der Waals surface area contributed by atoms with Gasteiger partial charge in [0.25, 0.3) is 0 Å². The number of piperidine rings is 1. The van der Waals surface area contributed by atoms with Gasteiger partial charge >= 0.3 is 18.2 Å². The fraction of sp³-hybridized carbons (Fsp3) is 0.653. The van der Waals surface area contributed by atoms with Crippen LogP contribution in [0.3, 0.4) is 0 Å². The number of aliphatic hydroxyl groups is 1. The van der Waals surface area contributed by atoms with Gasteiger partial charge in [-0.2, -0.15) is 0 Å². The van der Waals surface area contributed by atoms with Gasteiger partial charge in [-0.3, -0.25) is 4.90 Å². The number of anilines is 1. The Bertz CT molecular complexity index is 1900. The number of cyclic esters (lactones) is 1. The number of aryl methyl sites for hydroxylation is 1. The largest absolute Gasteiger partial charge is 0.497 e. The first-order valence-electron chi connectivity index (χ1n) is 22.4. The number of esters is 1. The number of likely N-dealkylation sites (tertiary alicyclic amines) is 1. The number of nitrogens with zero attached hydrogens (tertiary/aromatic N) is 2. The normalized spacial score (nSPS) is 21.5. The van der Waals surface area contributed by atoms with Crippen molar-refractivity contribution in [1.29, 1.82) is 0 Å². The average molecular weight is 881 g/mol. The highest BCUT2D eigenvalue weighted by molar-refractivity contribution is 5.97. The summed E-state index contributed by atoms with van der Waals surface area (Å²) in [4.78, 5) is 44.0. The van der Waals surface area contributed by atoms with Gasteiger partial charge in [0.2, 0.25) is 5.79 Å². The number of rotatable bonds is 15. The fourth-order valence-corrected chi connectivity index (χ4v) is 7.85. The van der Waals surface area contributed by atoms with Crippen molar-refractivity contribution in [3.63, 3.8) is 0 Å². The van der Waals surface area contributed by atoms with Crippen LogP contribution in [0.25, 0.3) is 0 Å². The molecule has 0 unspecified atom stereocenters. The fourth-order valence-electron chi connectivity index (χ4n) is 7.85. The van der Waals surface area contributed by atoms with Crippen molar-refractivity contribution in [2.45, 2.75) is 169 Å². The average Bonchev–Trinajstić information content (AvgIpc) is 3.48. The standard InChI is InChI=1S/C49H72N2O12/c1-31(32(2)52)17-22-38(57-30-34-18-20-37(56-13)21-19-34)42-39(58-48(9,10)60-42)16-14-15-35-27-36(28-40-41(35)43(53)61-49(11,12)59-40)51(45(55)63-47(6,7)8)29-33-23-25-50(26-24-33)44(54)62-46(3,4)5/h17-22,27-28,31-33,38-39,42,52H,14-16,23-26,29-30H2,1-13H3/b22-17-/t31-,32+,38-,39+,42-/m1/s1. The Labute approximate surface area is 374 Å². The van der Waals surface area contributed by atoms with E-state index in [1.165, 1.54) is 0 Å². The molecular formula is C49H72N2O12. The van der Waals surface area contributed by atoms with Gasteiger partial charge in [-0.05, 0) is 136 Å². The SMILES string of the molecule is COc1ccc(CO[C@H](/C=C\[C@@H](C)[C@H](C)O)[C@H]2OC(C)(C)O[C@H]2CCCc2cc(N(CC3CCN(C(=O)OC(C)(C)C)CC3)C(=O)OC(C)(C)C)cc3c2C(=O)OC(C)(C)O3)cc1. The van der Waals surface area contributed by atoms with E-state index in [1.807, 2.05) is 105 Å². The highest BCUT2D eigenvalue weighted by Gasteiger charge is 2.45. The molecule has 0 bridgehead atoms. The van der Waals surface area contributed by atoms with E-state index in [0.29, 0.717) is 80.9 Å². The Morgan fingerprint density at radius 1 is 0.921 bits per heavy atom. The topological polar surface area (TPSA) is 152 Å². The van der Waals surface area contributed by atoms with E-state index >= 15 is 0 Å². The van der Waals surface area contributed by atoms with Crippen molar-refractivity contribution < 1.29 is 57.4 Å². The van der Waals surface area contributed by atoms with E-state index in [9.17, 15) is 19.5 Å². The zero-order valence-electron chi connectivity index (χ0n) is 39.8. The van der Waals surface area contributed by atoms with Crippen molar-refractivity contribution in [2.75, 3.05) is 31.6 Å². The molecule has 0 spiro atoms. The molecule has 5 rings (SSSR count). The summed E-state index contributed by atoms with van der Waals surface area (Å²) in [6.45, 7) is 23.4. The summed E-state index contributed by atoms with van der Waals surface area (Å²) >= 11 is 0. The molecule has 14 nitrogen and oxygen atoms in total. The predicted molar refractivity (Wildman–Crippen MR) is 239 cm³/mol. The zero-order chi connectivity index (χ0) is 46.5. The number of ether oxygens (including phenoxy) is 8. The lowest BCUT2D eigenvalue weighted by Gasteiger charge is -2.37. The quantitative estimate of drug-likeness (QED) is 0.103. The Morgan fingerprint density at radius 3 is 2.17 bits per heavy atom. The summed E-state index contributed by atoms with van der Waals surface area (Å²) in [5, 5.41) is 10.3. The Morgan fingerprint density at radius 2 is 1.57 bits per heavy atom. The number of hydrogen-bond donors (Lipinski definition) is 1. The molecule has 1 N–H and O–H groups in total. The first-order chi connectivity index (χ1) is 29.3. The van der Waals surface area contributed by atoms with E-state index in [1.54, 1.807) is 43.7 Å². The van der Waals surface area contributed by atoms with Gasteiger partial charge in [0.05, 0.1) is 31.6 Å². The third-order valence-electron chi connectivity index (χ3n) is 11.1. The van der Waals surface area contributed by atoms with Crippen LogP contribution in [0, 0.1) is 11.8 Å². The number of amides is 2. The molecule has 2 saturated heterocycles. The van der Waals surface area contributed by atoms with Crippen LogP contribution < -0.4 is 14.4 Å². The van der Waals surface area contributed by atoms with Crippen molar-refractivity contribution in [3.8, 4) is 11.5 Å². The molecular weight excluding hydrogens is 809 g/mol. The second kappa shape index (κ2) is 20.2. The highest BCUT2D eigenvalue weighted by atomic mass is 16.8. The van der Waals surface area contributed by atoms with Crippen molar-refractivity contribution in [1.82, 2.24) is 4.90 Å². The monoisotopic (exact) mass is 881 g/mol. The van der Waals surface area contributed by atoms with Gasteiger partial charge in [-0.15, -0.1) is 0 Å². The summed E-state index contributed by atoms with van der Waals surface area (Å²) in [6.07, 6.45) is 3.92. The van der Waals surface area contributed by atoms with Crippen molar-refractivity contribution >= 4 is 23.8 Å². The van der Waals surface area contributed by atoms with Crippen molar-refractivity contribution in [2.24, 2.45) is 11.8 Å². The van der Waals surface area contributed by atoms with Gasteiger partial charge < -0.3 is 47.9 Å². The molecule has 2 amide bonds. The lowest BCUT2D eigenvalue weighted by molar-refractivity contribution is -0.156. The van der Waals surface area contributed by atoms with E-state index < -0.39 is 59.3 Å². The molecule has 3 aliphatic rings. The number of aliphatic hydroxyl groups excluding tert-OH is 1. The maximum Gasteiger partial charge on any atom is 0.414 e. The molecule has 2 aromatic carbocycles. The van der Waals surface area contributed by atoms with E-state index in [-0.39, 0.29) is 17.9 Å². The van der Waals surface area contributed by atoms with Gasteiger partial charge in [0.1, 0.15) is 40.5 Å². The molecule has 0 aliphatic carbocycles. The van der Waals surface area contributed by atoms with Crippen LogP contribution in [0.2, 0.25) is 0 Å². The number of fused-ring (bicyclic) bond motifs is 1. The lowest BCUT2D eigenvalue weighted by atomic mass is 9.94. The first-order valence-corrected chi connectivity index (χ1v) is 22.4. The van der Waals surface area contributed by atoms with Crippen molar-refractivity contribution in [3.05, 3.63) is 65.2 Å². The molecule has 0 saturated carbocycles. The predicted octanol–water partition coefficient (Wildman–Crippen LogP) is 9.37. The van der Waals surface area contributed by atoms with Crippen LogP contribution in [0.1, 0.15) is 130 Å². The van der Waals surface area contributed by atoms with Crippen LogP contribution in [-0.4, -0.2) is 102 Å². The number of carbonyl (C=O) groups excluding carboxylic acids is 3. The molecule has 63 heavy (non-hydrogen) atoms. The summed E-state index contributed by atoms with van der Waals surface area (Å²) in [6, 6.07) is 11.3. The van der Waals surface area contributed by atoms with Crippen LogP contribution >= 0.6 is 0 Å². The van der Waals surface area contributed by atoms with Gasteiger partial charge in [0, 0.05) is 39.5 Å². The maximum atomic E-state index is 14.1. The Kier molecular flexibility index (Phi) is 15.9. The molecule has 2 aromatic rings. The zero-order valence-corrected chi connectivity index (χ0v) is 39.8. The van der Waals surface area contributed by atoms with Crippen LogP contribution in [-0.2, 0) is 41.4 Å². The van der Waals surface area contributed by atoms with E-state index in [2.05, 4.69) is 0 Å². The Balaban J connectivity index is 1.41. The number of carbonyl (C=O) groups is 3. The van der Waals surface area contributed by atoms with Gasteiger partial charge in [-0.1, -0.05) is 31.2 Å². The molecule has 14 heteroatoms. The second-order valence-electron chi connectivity index (χ2n) is 20.0. The van der Waals surface area contributed by atoms with Crippen LogP contribution in [0.4, 0.5) is 15.3 Å². The minimum atomic E-state index is -1.24. The van der Waals surface area contributed by atoms with E-state index in [4.69, 9.17) is 37.9 Å². The third-order valence-corrected chi connectivity index (χ3v) is 11.1. The minimum absolute atomic E-state index is 0.0512. The van der Waals surface area contributed by atoms with Gasteiger partial charge in [-0.25, -0.2) is 14.4 Å². The smallest absolute Gasteiger partial charge is 0.414 e. The van der Waals surface area contributed by atoms with Gasteiger partial charge in [0.15, 0.2) is 5.79 Å². The first kappa shape index (κ1) is 49.6. The second-order valence-corrected chi connectivity index (χ2v) is 20.0. The molecule has 5 atom stereocenters. The third kappa shape index (κ3) is 14.3. The molecule has 3 aliphatic heterocycles. The number of hydrogen-bond acceptors (Lipinski definition) is 12. The molecule has 3 heterocycles. The Hall–Kier alpha value is -4.37. The molecule has 0 radical (unpaired) electrons. The molecule has 350 valence electrons. The summed E-state index contributed by atoms with van der Waals surface area (Å²) < 4.78 is 48.5. The summed E-state index contributed by atoms with van der Waals surface area (Å²) in [7, 11) is 1.63. The lowest BCUT2D eigenvalue weighted by Crippen LogP contribution is -2.45.